The molecule has 0 aliphatic carbocycles. The van der Waals surface area contributed by atoms with Gasteiger partial charge in [0.2, 0.25) is 0 Å². The molecule has 0 aromatic heterocycles. The zero-order valence-corrected chi connectivity index (χ0v) is 12.1. The van der Waals surface area contributed by atoms with E-state index in [1.807, 2.05) is 59.5 Å². The maximum Gasteiger partial charge on any atom is 0.277 e. The fourth-order valence-corrected chi connectivity index (χ4v) is 2.54. The summed E-state index contributed by atoms with van der Waals surface area (Å²) in [7, 11) is 0. The molecule has 2 aromatic rings. The highest BCUT2D eigenvalue weighted by Crippen LogP contribution is 2.30. The Morgan fingerprint density at radius 2 is 1.71 bits per heavy atom. The zero-order chi connectivity index (χ0) is 14.7. The number of rotatable bonds is 4. The topological polar surface area (TPSA) is 32.7 Å². The van der Waals surface area contributed by atoms with E-state index in [4.69, 9.17) is 0 Å². The molecule has 0 saturated heterocycles. The summed E-state index contributed by atoms with van der Waals surface area (Å²) in [6, 6.07) is 17.5. The number of carbonyl (C=O) groups is 1. The highest BCUT2D eigenvalue weighted by Gasteiger charge is 2.32. The summed E-state index contributed by atoms with van der Waals surface area (Å²) in [5.41, 5.74) is 3.27. The predicted molar refractivity (Wildman–Crippen MR) is 86.3 cm³/mol. The van der Waals surface area contributed by atoms with Crippen LogP contribution >= 0.6 is 0 Å². The van der Waals surface area contributed by atoms with Crippen molar-refractivity contribution in [1.29, 1.82) is 0 Å². The summed E-state index contributed by atoms with van der Waals surface area (Å²) >= 11 is 0. The van der Waals surface area contributed by atoms with Crippen LogP contribution < -0.4 is 4.90 Å². The number of hydrogen-bond acceptors (Lipinski definition) is 2. The molecule has 0 saturated carbocycles. The van der Waals surface area contributed by atoms with Crippen LogP contribution in [0, 0.1) is 0 Å². The summed E-state index contributed by atoms with van der Waals surface area (Å²) in [6.07, 6.45) is 2.07. The molecule has 3 heteroatoms. The molecule has 0 N–H and O–H groups in total. The first-order valence-corrected chi connectivity index (χ1v) is 7.36. The molecule has 0 bridgehead atoms. The Morgan fingerprint density at radius 3 is 2.48 bits per heavy atom. The van der Waals surface area contributed by atoms with Crippen molar-refractivity contribution in [2.24, 2.45) is 4.99 Å². The number of para-hydroxylation sites is 2. The molecule has 1 aliphatic heterocycles. The first-order chi connectivity index (χ1) is 10.3. The van der Waals surface area contributed by atoms with E-state index in [-0.39, 0.29) is 5.91 Å². The van der Waals surface area contributed by atoms with E-state index in [9.17, 15) is 4.79 Å². The molecular formula is C18H18N2O. The van der Waals surface area contributed by atoms with Crippen LogP contribution in [0.4, 0.5) is 11.4 Å². The molecular weight excluding hydrogens is 260 g/mol. The number of benzene rings is 2. The van der Waals surface area contributed by atoms with Gasteiger partial charge in [-0.15, -0.1) is 0 Å². The number of amides is 1. The average Bonchev–Trinajstić information content (AvgIpc) is 2.79. The minimum Gasteiger partial charge on any atom is -0.306 e. The van der Waals surface area contributed by atoms with E-state index in [0.717, 1.165) is 36.3 Å². The molecule has 2 aromatic carbocycles. The second-order valence-corrected chi connectivity index (χ2v) is 5.12. The zero-order valence-electron chi connectivity index (χ0n) is 12.1. The summed E-state index contributed by atoms with van der Waals surface area (Å²) < 4.78 is 0. The molecule has 0 fully saturated rings. The summed E-state index contributed by atoms with van der Waals surface area (Å²) in [6.45, 7) is 2.88. The van der Waals surface area contributed by atoms with Crippen LogP contribution in [0.25, 0.3) is 0 Å². The lowest BCUT2D eigenvalue weighted by Gasteiger charge is -2.15. The van der Waals surface area contributed by atoms with Crippen LogP contribution in [0.3, 0.4) is 0 Å². The molecule has 0 atom stereocenters. The van der Waals surface area contributed by atoms with Gasteiger partial charge in [0.05, 0.1) is 11.4 Å². The number of hydrogen-bond donors (Lipinski definition) is 0. The first-order valence-electron chi connectivity index (χ1n) is 7.36. The highest BCUT2D eigenvalue weighted by molar-refractivity contribution is 6.54. The summed E-state index contributed by atoms with van der Waals surface area (Å²) in [5.74, 6) is 0.00787. The fourth-order valence-electron chi connectivity index (χ4n) is 2.54. The number of unbranched alkanes of at least 4 members (excludes halogenated alkanes) is 1. The third-order valence-electron chi connectivity index (χ3n) is 3.63. The van der Waals surface area contributed by atoms with Gasteiger partial charge in [-0.1, -0.05) is 49.7 Å². The van der Waals surface area contributed by atoms with Gasteiger partial charge < -0.3 is 4.90 Å². The van der Waals surface area contributed by atoms with Crippen LogP contribution in [0.1, 0.15) is 25.3 Å². The lowest BCUT2D eigenvalue weighted by Crippen LogP contribution is -2.30. The number of anilines is 1. The fraction of sp³-hybridized carbons (Fsp3) is 0.222. The van der Waals surface area contributed by atoms with Crippen molar-refractivity contribution in [3.8, 4) is 0 Å². The minimum atomic E-state index is 0.00787. The van der Waals surface area contributed by atoms with Crippen molar-refractivity contribution in [2.45, 2.75) is 19.8 Å². The van der Waals surface area contributed by atoms with E-state index >= 15 is 0 Å². The van der Waals surface area contributed by atoms with E-state index in [0.29, 0.717) is 5.71 Å². The minimum absolute atomic E-state index is 0.00787. The molecule has 0 unspecified atom stereocenters. The van der Waals surface area contributed by atoms with Crippen molar-refractivity contribution in [3.63, 3.8) is 0 Å². The van der Waals surface area contributed by atoms with Crippen molar-refractivity contribution < 1.29 is 4.79 Å². The molecule has 3 rings (SSSR count). The molecule has 0 radical (unpaired) electrons. The van der Waals surface area contributed by atoms with E-state index in [2.05, 4.69) is 11.9 Å². The summed E-state index contributed by atoms with van der Waals surface area (Å²) in [4.78, 5) is 19.1. The Bertz CT molecular complexity index is 677. The lowest BCUT2D eigenvalue weighted by molar-refractivity contribution is -0.112. The first kappa shape index (κ1) is 13.6. The molecule has 106 valence electrons. The van der Waals surface area contributed by atoms with Gasteiger partial charge in [-0.05, 0) is 24.6 Å². The quantitative estimate of drug-likeness (QED) is 0.833. The molecule has 1 heterocycles. The van der Waals surface area contributed by atoms with E-state index < -0.39 is 0 Å². The molecule has 0 spiro atoms. The molecule has 1 amide bonds. The van der Waals surface area contributed by atoms with Crippen LogP contribution in [0.5, 0.6) is 0 Å². The largest absolute Gasteiger partial charge is 0.306 e. The maximum absolute atomic E-state index is 12.7. The normalized spacial score (nSPS) is 15.6. The SMILES string of the molecule is CCCCN1C(=O)C(=Nc2ccccc2)c2ccccc21. The van der Waals surface area contributed by atoms with Crippen LogP contribution in [-0.4, -0.2) is 18.2 Å². The van der Waals surface area contributed by atoms with Crippen LogP contribution in [0.2, 0.25) is 0 Å². The van der Waals surface area contributed by atoms with E-state index in [1.165, 1.54) is 0 Å². The van der Waals surface area contributed by atoms with Crippen molar-refractivity contribution >= 4 is 23.0 Å². The molecule has 3 nitrogen and oxygen atoms in total. The Labute approximate surface area is 124 Å². The van der Waals surface area contributed by atoms with Gasteiger partial charge >= 0.3 is 0 Å². The van der Waals surface area contributed by atoms with E-state index in [1.54, 1.807) is 0 Å². The van der Waals surface area contributed by atoms with Crippen molar-refractivity contribution in [2.75, 3.05) is 11.4 Å². The Hall–Kier alpha value is -2.42. The number of carbonyl (C=O) groups excluding carboxylic acids is 1. The van der Waals surface area contributed by atoms with Gasteiger partial charge in [0.25, 0.3) is 5.91 Å². The monoisotopic (exact) mass is 278 g/mol. The van der Waals surface area contributed by atoms with Crippen molar-refractivity contribution in [3.05, 3.63) is 60.2 Å². The second-order valence-electron chi connectivity index (χ2n) is 5.12. The average molecular weight is 278 g/mol. The Morgan fingerprint density at radius 1 is 1.00 bits per heavy atom. The van der Waals surface area contributed by atoms with Crippen LogP contribution in [0.15, 0.2) is 59.6 Å². The number of fused-ring (bicyclic) bond motifs is 1. The molecule has 21 heavy (non-hydrogen) atoms. The van der Waals surface area contributed by atoms with Gasteiger partial charge in [0.1, 0.15) is 5.71 Å². The second kappa shape index (κ2) is 5.92. The standard InChI is InChI=1S/C18H18N2O/c1-2-3-13-20-16-12-8-7-11-15(16)17(18(20)21)19-14-9-5-4-6-10-14/h4-12H,2-3,13H2,1H3. The van der Waals surface area contributed by atoms with Crippen LogP contribution in [-0.2, 0) is 4.79 Å². The number of aliphatic imine (C=N–C) groups is 1. The predicted octanol–water partition coefficient (Wildman–Crippen LogP) is 3.95. The van der Waals surface area contributed by atoms with Gasteiger partial charge in [-0.2, -0.15) is 0 Å². The Kier molecular flexibility index (Phi) is 3.82. The van der Waals surface area contributed by atoms with Gasteiger partial charge in [0.15, 0.2) is 0 Å². The number of nitrogens with zero attached hydrogens (tertiary/aromatic N) is 2. The summed E-state index contributed by atoms with van der Waals surface area (Å²) in [5, 5.41) is 0. The third kappa shape index (κ3) is 2.59. The lowest BCUT2D eigenvalue weighted by atomic mass is 10.1. The van der Waals surface area contributed by atoms with Gasteiger partial charge in [-0.3, -0.25) is 4.79 Å². The van der Waals surface area contributed by atoms with Gasteiger partial charge in [0, 0.05) is 12.1 Å². The maximum atomic E-state index is 12.7. The Balaban J connectivity index is 2.02. The van der Waals surface area contributed by atoms with Gasteiger partial charge in [-0.25, -0.2) is 4.99 Å². The van der Waals surface area contributed by atoms with Crippen molar-refractivity contribution in [1.82, 2.24) is 0 Å². The molecule has 1 aliphatic rings. The smallest absolute Gasteiger partial charge is 0.277 e. The highest BCUT2D eigenvalue weighted by atomic mass is 16.2. The third-order valence-corrected chi connectivity index (χ3v) is 3.63.